The van der Waals surface area contributed by atoms with Crippen LogP contribution in [0.2, 0.25) is 0 Å². The second kappa shape index (κ2) is 5.40. The smallest absolute Gasteiger partial charge is 0.255 e. The number of hydrogen-bond donors (Lipinski definition) is 2. The second-order valence-corrected chi connectivity index (χ2v) is 5.00. The van der Waals surface area contributed by atoms with E-state index in [0.29, 0.717) is 27.0 Å². The molecule has 2 aromatic carbocycles. The van der Waals surface area contributed by atoms with Crippen LogP contribution in [0.1, 0.15) is 15.9 Å². The predicted octanol–water partition coefficient (Wildman–Crippen LogP) is 3.73. The lowest BCUT2D eigenvalue weighted by Crippen LogP contribution is -2.13. The zero-order valence-electron chi connectivity index (χ0n) is 10.2. The fraction of sp³-hybridized carbons (Fsp3) is 0.0714. The van der Waals surface area contributed by atoms with E-state index in [4.69, 9.17) is 5.73 Å². The zero-order valence-corrected chi connectivity index (χ0v) is 11.8. The molecule has 3 N–H and O–H groups in total. The molecule has 0 saturated carbocycles. The summed E-state index contributed by atoms with van der Waals surface area (Å²) in [6.45, 7) is 1.73. The van der Waals surface area contributed by atoms with Gasteiger partial charge >= 0.3 is 0 Å². The number of carbonyl (C=O) groups excluding carboxylic acids is 1. The van der Waals surface area contributed by atoms with E-state index < -0.39 is 0 Å². The maximum atomic E-state index is 13.0. The average Bonchev–Trinajstić information content (AvgIpc) is 2.36. The highest BCUT2D eigenvalue weighted by atomic mass is 79.9. The van der Waals surface area contributed by atoms with E-state index in [1.54, 1.807) is 25.1 Å². The lowest BCUT2D eigenvalue weighted by Gasteiger charge is -2.09. The van der Waals surface area contributed by atoms with Crippen molar-refractivity contribution in [1.29, 1.82) is 0 Å². The van der Waals surface area contributed by atoms with Crippen molar-refractivity contribution in [3.63, 3.8) is 0 Å². The van der Waals surface area contributed by atoms with Crippen LogP contribution in [0.4, 0.5) is 15.8 Å². The highest BCUT2D eigenvalue weighted by Gasteiger charge is 2.09. The van der Waals surface area contributed by atoms with Gasteiger partial charge in [-0.05, 0) is 64.8 Å². The first-order chi connectivity index (χ1) is 8.97. The molecule has 0 aromatic heterocycles. The third-order valence-electron chi connectivity index (χ3n) is 2.70. The summed E-state index contributed by atoms with van der Waals surface area (Å²) < 4.78 is 13.6. The minimum atomic E-state index is -0.328. The van der Waals surface area contributed by atoms with E-state index in [9.17, 15) is 9.18 Å². The van der Waals surface area contributed by atoms with Crippen LogP contribution in [0, 0.1) is 12.7 Å². The highest BCUT2D eigenvalue weighted by Crippen LogP contribution is 2.22. The first-order valence-electron chi connectivity index (χ1n) is 5.60. The third-order valence-corrected chi connectivity index (χ3v) is 3.39. The number of aryl methyl sites for hydroxylation is 1. The summed E-state index contributed by atoms with van der Waals surface area (Å²) in [5.74, 6) is -0.596. The molecule has 19 heavy (non-hydrogen) atoms. The van der Waals surface area contributed by atoms with Crippen molar-refractivity contribution in [1.82, 2.24) is 0 Å². The van der Waals surface area contributed by atoms with Gasteiger partial charge in [-0.15, -0.1) is 0 Å². The number of nitrogens with one attached hydrogen (secondary N) is 1. The van der Waals surface area contributed by atoms with Crippen LogP contribution in [0.3, 0.4) is 0 Å². The lowest BCUT2D eigenvalue weighted by molar-refractivity contribution is 0.102. The van der Waals surface area contributed by atoms with E-state index in [1.165, 1.54) is 18.2 Å². The second-order valence-electron chi connectivity index (χ2n) is 4.15. The largest absolute Gasteiger partial charge is 0.398 e. The molecule has 0 unspecified atom stereocenters. The molecule has 3 nitrogen and oxygen atoms in total. The molecule has 0 fully saturated rings. The summed E-state index contributed by atoms with van der Waals surface area (Å²) in [7, 11) is 0. The Kier molecular flexibility index (Phi) is 3.85. The molecule has 1 amide bonds. The van der Waals surface area contributed by atoms with Crippen molar-refractivity contribution in [2.45, 2.75) is 6.92 Å². The number of hydrogen-bond acceptors (Lipinski definition) is 2. The first kappa shape index (κ1) is 13.5. The van der Waals surface area contributed by atoms with Gasteiger partial charge in [0.1, 0.15) is 5.82 Å². The van der Waals surface area contributed by atoms with Crippen molar-refractivity contribution in [2.75, 3.05) is 11.1 Å². The van der Waals surface area contributed by atoms with E-state index >= 15 is 0 Å². The highest BCUT2D eigenvalue weighted by molar-refractivity contribution is 9.10. The Morgan fingerprint density at radius 3 is 2.63 bits per heavy atom. The van der Waals surface area contributed by atoms with Crippen LogP contribution in [-0.2, 0) is 0 Å². The van der Waals surface area contributed by atoms with Gasteiger partial charge in [-0.2, -0.15) is 0 Å². The van der Waals surface area contributed by atoms with Gasteiger partial charge in [0.2, 0.25) is 0 Å². The number of nitrogen functional groups attached to an aromatic ring is 1. The molecular formula is C14H12BrFN2O. The van der Waals surface area contributed by atoms with Gasteiger partial charge < -0.3 is 11.1 Å². The first-order valence-corrected chi connectivity index (χ1v) is 6.39. The van der Waals surface area contributed by atoms with Crippen LogP contribution >= 0.6 is 15.9 Å². The minimum Gasteiger partial charge on any atom is -0.398 e. The predicted molar refractivity (Wildman–Crippen MR) is 77.6 cm³/mol. The number of amides is 1. The fourth-order valence-electron chi connectivity index (χ4n) is 1.63. The summed E-state index contributed by atoms with van der Waals surface area (Å²) in [5.41, 5.74) is 7.96. The van der Waals surface area contributed by atoms with Crippen molar-refractivity contribution in [2.24, 2.45) is 0 Å². The van der Waals surface area contributed by atoms with Crippen LogP contribution in [0.15, 0.2) is 40.9 Å². The van der Waals surface area contributed by atoms with Crippen molar-refractivity contribution in [3.05, 3.63) is 57.8 Å². The zero-order chi connectivity index (χ0) is 14.0. The maximum Gasteiger partial charge on any atom is 0.255 e. The minimum absolute atomic E-state index is 0.268. The molecule has 0 saturated heterocycles. The Morgan fingerprint density at radius 1 is 1.26 bits per heavy atom. The molecule has 0 aliphatic rings. The molecule has 0 aliphatic heterocycles. The Bertz CT molecular complexity index is 643. The summed E-state index contributed by atoms with van der Waals surface area (Å²) in [5, 5.41) is 2.73. The van der Waals surface area contributed by atoms with Gasteiger partial charge in [-0.25, -0.2) is 4.39 Å². The van der Waals surface area contributed by atoms with Crippen LogP contribution < -0.4 is 11.1 Å². The van der Waals surface area contributed by atoms with E-state index in [0.717, 1.165) is 0 Å². The molecule has 0 spiro atoms. The molecule has 0 heterocycles. The summed E-state index contributed by atoms with van der Waals surface area (Å²) in [6.07, 6.45) is 0. The molecule has 0 atom stereocenters. The molecule has 2 aromatic rings. The van der Waals surface area contributed by atoms with Crippen LogP contribution in [0.25, 0.3) is 0 Å². The molecule has 0 bridgehead atoms. The van der Waals surface area contributed by atoms with E-state index in [-0.39, 0.29) is 11.7 Å². The van der Waals surface area contributed by atoms with E-state index in [1.807, 2.05) is 0 Å². The van der Waals surface area contributed by atoms with Gasteiger partial charge in [0.05, 0.1) is 0 Å². The molecule has 5 heteroatoms. The standard InChI is InChI=1S/C14H12BrFN2O/c1-8-6-10(16)3-5-13(8)18-14(19)9-2-4-12(17)11(15)7-9/h2-7H,17H2,1H3,(H,18,19). The number of anilines is 2. The van der Waals surface area contributed by atoms with Crippen molar-refractivity contribution >= 4 is 33.2 Å². The Hall–Kier alpha value is -1.88. The van der Waals surface area contributed by atoms with Gasteiger partial charge in [0.25, 0.3) is 5.91 Å². The van der Waals surface area contributed by atoms with E-state index in [2.05, 4.69) is 21.2 Å². The normalized spacial score (nSPS) is 10.3. The van der Waals surface area contributed by atoms with Gasteiger partial charge in [0, 0.05) is 21.4 Å². The van der Waals surface area contributed by atoms with Crippen LogP contribution in [-0.4, -0.2) is 5.91 Å². The Morgan fingerprint density at radius 2 is 2.00 bits per heavy atom. The fourth-order valence-corrected chi connectivity index (χ4v) is 2.01. The van der Waals surface area contributed by atoms with Gasteiger partial charge in [-0.1, -0.05) is 0 Å². The molecule has 2 rings (SSSR count). The average molecular weight is 323 g/mol. The number of benzene rings is 2. The monoisotopic (exact) mass is 322 g/mol. The topological polar surface area (TPSA) is 55.1 Å². The SMILES string of the molecule is Cc1cc(F)ccc1NC(=O)c1ccc(N)c(Br)c1. The number of halogens is 2. The summed E-state index contributed by atoms with van der Waals surface area (Å²) in [6, 6.07) is 9.14. The Balaban J connectivity index is 2.23. The summed E-state index contributed by atoms with van der Waals surface area (Å²) in [4.78, 5) is 12.0. The van der Waals surface area contributed by atoms with Crippen LogP contribution in [0.5, 0.6) is 0 Å². The third kappa shape index (κ3) is 3.12. The maximum absolute atomic E-state index is 13.0. The quantitative estimate of drug-likeness (QED) is 0.828. The van der Waals surface area contributed by atoms with Crippen molar-refractivity contribution < 1.29 is 9.18 Å². The lowest BCUT2D eigenvalue weighted by atomic mass is 10.1. The summed E-state index contributed by atoms with van der Waals surface area (Å²) >= 11 is 3.27. The van der Waals surface area contributed by atoms with Crippen molar-refractivity contribution in [3.8, 4) is 0 Å². The van der Waals surface area contributed by atoms with Gasteiger partial charge in [0.15, 0.2) is 0 Å². The molecule has 98 valence electrons. The molecule has 0 radical (unpaired) electrons. The van der Waals surface area contributed by atoms with Gasteiger partial charge in [-0.3, -0.25) is 4.79 Å². The molecular weight excluding hydrogens is 311 g/mol. The molecule has 0 aliphatic carbocycles. The Labute approximate surface area is 118 Å². The number of rotatable bonds is 2. The number of carbonyl (C=O) groups is 1. The number of nitrogens with two attached hydrogens (primary N) is 1.